The molecule has 37 heavy (non-hydrogen) atoms. The van der Waals surface area contributed by atoms with Gasteiger partial charge < -0.3 is 10.2 Å². The minimum Gasteiger partial charge on any atom is -0.355 e. The van der Waals surface area contributed by atoms with Crippen molar-refractivity contribution in [3.8, 4) is 0 Å². The van der Waals surface area contributed by atoms with Crippen LogP contribution in [0.15, 0.2) is 82.2 Å². The number of aryl methyl sites for hydroxylation is 1. The van der Waals surface area contributed by atoms with E-state index in [-0.39, 0.29) is 23.0 Å². The van der Waals surface area contributed by atoms with Gasteiger partial charge in [-0.25, -0.2) is 8.42 Å². The summed E-state index contributed by atoms with van der Waals surface area (Å²) in [5, 5.41) is 3.12. The minimum atomic E-state index is -4.13. The van der Waals surface area contributed by atoms with Crippen LogP contribution in [0, 0.1) is 6.92 Å². The molecule has 0 bridgehead atoms. The number of sulfonamides is 1. The number of hydrogen-bond acceptors (Lipinski definition) is 4. The summed E-state index contributed by atoms with van der Waals surface area (Å²) in [5.74, 6) is -0.860. The molecule has 0 aliphatic rings. The summed E-state index contributed by atoms with van der Waals surface area (Å²) in [5.41, 5.74) is 1.82. The first-order valence-corrected chi connectivity index (χ1v) is 14.3. The number of carbonyl (C=O) groups is 2. The molecule has 0 aromatic heterocycles. The zero-order valence-corrected chi connectivity index (χ0v) is 24.0. The van der Waals surface area contributed by atoms with Crippen molar-refractivity contribution in [1.82, 2.24) is 10.2 Å². The van der Waals surface area contributed by atoms with Crippen molar-refractivity contribution < 1.29 is 18.0 Å². The standard InChI is InChI=1S/C27H29BrClN3O4S/c1-4-30-27(34)20(3)31(17-21-11-13-22(28)14-12-21)26(33)18-32(23-15-10-19(2)25(29)16-23)37(35,36)24-8-6-5-7-9-24/h5-16,20H,4,17-18H2,1-3H3,(H,30,34)/t20-/m1/s1. The van der Waals surface area contributed by atoms with E-state index in [1.165, 1.54) is 23.1 Å². The van der Waals surface area contributed by atoms with Crippen molar-refractivity contribution in [3.63, 3.8) is 0 Å². The fourth-order valence-corrected chi connectivity index (χ4v) is 5.54. The molecule has 0 aliphatic carbocycles. The number of benzene rings is 3. The molecule has 3 aromatic carbocycles. The number of amides is 2. The maximum Gasteiger partial charge on any atom is 0.264 e. The molecule has 0 radical (unpaired) electrons. The molecule has 2 amide bonds. The van der Waals surface area contributed by atoms with E-state index in [1.54, 1.807) is 51.1 Å². The average Bonchev–Trinajstić information content (AvgIpc) is 2.88. The van der Waals surface area contributed by atoms with Crippen molar-refractivity contribution in [2.45, 2.75) is 38.3 Å². The molecule has 0 aliphatic heterocycles. The topological polar surface area (TPSA) is 86.8 Å². The minimum absolute atomic E-state index is 0.0377. The molecule has 196 valence electrons. The van der Waals surface area contributed by atoms with Crippen LogP contribution in [-0.4, -0.2) is 44.3 Å². The Kier molecular flexibility index (Phi) is 9.75. The molecule has 0 unspecified atom stereocenters. The fraction of sp³-hybridized carbons (Fsp3) is 0.259. The van der Waals surface area contributed by atoms with Crippen LogP contribution in [0.4, 0.5) is 5.69 Å². The van der Waals surface area contributed by atoms with E-state index in [4.69, 9.17) is 11.6 Å². The maximum absolute atomic E-state index is 13.8. The molecule has 0 fully saturated rings. The monoisotopic (exact) mass is 605 g/mol. The molecule has 1 atom stereocenters. The molecule has 3 aromatic rings. The molecule has 1 N–H and O–H groups in total. The lowest BCUT2D eigenvalue weighted by Crippen LogP contribution is -2.51. The Balaban J connectivity index is 2.03. The summed E-state index contributed by atoms with van der Waals surface area (Å²) in [6, 6.07) is 19.3. The Bertz CT molecular complexity index is 1350. The Morgan fingerprint density at radius 3 is 2.27 bits per heavy atom. The van der Waals surface area contributed by atoms with Crippen LogP contribution < -0.4 is 9.62 Å². The highest BCUT2D eigenvalue weighted by Crippen LogP contribution is 2.28. The van der Waals surface area contributed by atoms with Crippen LogP contribution in [-0.2, 0) is 26.2 Å². The molecule has 0 saturated carbocycles. The lowest BCUT2D eigenvalue weighted by Gasteiger charge is -2.32. The van der Waals surface area contributed by atoms with Gasteiger partial charge in [0.2, 0.25) is 11.8 Å². The number of likely N-dealkylation sites (N-methyl/N-ethyl adjacent to an activating group) is 1. The van der Waals surface area contributed by atoms with Crippen molar-refractivity contribution in [2.24, 2.45) is 0 Å². The van der Waals surface area contributed by atoms with E-state index in [2.05, 4.69) is 21.2 Å². The van der Waals surface area contributed by atoms with E-state index in [9.17, 15) is 18.0 Å². The first kappa shape index (κ1) is 28.7. The van der Waals surface area contributed by atoms with Crippen molar-refractivity contribution in [1.29, 1.82) is 0 Å². The van der Waals surface area contributed by atoms with E-state index < -0.39 is 28.5 Å². The lowest BCUT2D eigenvalue weighted by atomic mass is 10.1. The highest BCUT2D eigenvalue weighted by molar-refractivity contribution is 9.10. The van der Waals surface area contributed by atoms with Gasteiger partial charge in [0.05, 0.1) is 10.6 Å². The largest absolute Gasteiger partial charge is 0.355 e. The van der Waals surface area contributed by atoms with Gasteiger partial charge in [-0.2, -0.15) is 0 Å². The SMILES string of the molecule is CCNC(=O)[C@@H](C)N(Cc1ccc(Br)cc1)C(=O)CN(c1ccc(C)c(Cl)c1)S(=O)(=O)c1ccccc1. The van der Waals surface area contributed by atoms with Gasteiger partial charge >= 0.3 is 0 Å². The van der Waals surface area contributed by atoms with Crippen molar-refractivity contribution >= 4 is 55.1 Å². The average molecular weight is 607 g/mol. The Morgan fingerprint density at radius 1 is 1.03 bits per heavy atom. The molecule has 10 heteroatoms. The van der Waals surface area contributed by atoms with Gasteiger partial charge in [0.25, 0.3) is 10.0 Å². The number of hydrogen-bond donors (Lipinski definition) is 1. The van der Waals surface area contributed by atoms with Gasteiger partial charge in [-0.3, -0.25) is 13.9 Å². The lowest BCUT2D eigenvalue weighted by molar-refractivity contribution is -0.139. The highest BCUT2D eigenvalue weighted by atomic mass is 79.9. The van der Waals surface area contributed by atoms with E-state index in [0.29, 0.717) is 11.6 Å². The van der Waals surface area contributed by atoms with Gasteiger partial charge in [0.15, 0.2) is 0 Å². The second kappa shape index (κ2) is 12.6. The van der Waals surface area contributed by atoms with Crippen LogP contribution >= 0.6 is 27.5 Å². The van der Waals surface area contributed by atoms with E-state index in [1.807, 2.05) is 24.3 Å². The Labute approximate surface area is 231 Å². The number of rotatable bonds is 10. The molecule has 0 heterocycles. The van der Waals surface area contributed by atoms with Crippen LogP contribution in [0.1, 0.15) is 25.0 Å². The predicted octanol–water partition coefficient (Wildman–Crippen LogP) is 5.16. The van der Waals surface area contributed by atoms with Crippen LogP contribution in [0.25, 0.3) is 0 Å². The van der Waals surface area contributed by atoms with Crippen molar-refractivity contribution in [3.05, 3.63) is 93.4 Å². The van der Waals surface area contributed by atoms with Gasteiger partial charge in [-0.15, -0.1) is 0 Å². The van der Waals surface area contributed by atoms with Crippen LogP contribution in [0.5, 0.6) is 0 Å². The zero-order valence-electron chi connectivity index (χ0n) is 20.8. The first-order valence-electron chi connectivity index (χ1n) is 11.7. The zero-order chi connectivity index (χ0) is 27.2. The molecular weight excluding hydrogens is 578 g/mol. The summed E-state index contributed by atoms with van der Waals surface area (Å²) in [4.78, 5) is 27.9. The van der Waals surface area contributed by atoms with Gasteiger partial charge in [-0.1, -0.05) is 63.9 Å². The summed E-state index contributed by atoms with van der Waals surface area (Å²) >= 11 is 9.72. The molecule has 3 rings (SSSR count). The fourth-order valence-electron chi connectivity index (χ4n) is 3.68. The van der Waals surface area contributed by atoms with E-state index in [0.717, 1.165) is 19.9 Å². The predicted molar refractivity (Wildman–Crippen MR) is 150 cm³/mol. The smallest absolute Gasteiger partial charge is 0.264 e. The molecule has 7 nitrogen and oxygen atoms in total. The Hall–Kier alpha value is -2.88. The molecule has 0 saturated heterocycles. The molecular formula is C27H29BrClN3O4S. The first-order chi connectivity index (χ1) is 17.5. The second-order valence-electron chi connectivity index (χ2n) is 8.48. The maximum atomic E-state index is 13.8. The van der Waals surface area contributed by atoms with Crippen LogP contribution in [0.3, 0.4) is 0 Å². The van der Waals surface area contributed by atoms with Gasteiger partial charge in [0, 0.05) is 22.6 Å². The van der Waals surface area contributed by atoms with Crippen LogP contribution in [0.2, 0.25) is 5.02 Å². The number of anilines is 1. The number of halogens is 2. The van der Waals surface area contributed by atoms with Gasteiger partial charge in [0.1, 0.15) is 12.6 Å². The summed E-state index contributed by atoms with van der Waals surface area (Å²) in [6.07, 6.45) is 0. The van der Waals surface area contributed by atoms with E-state index >= 15 is 0 Å². The Morgan fingerprint density at radius 2 is 1.68 bits per heavy atom. The quantitative estimate of drug-likeness (QED) is 0.346. The summed E-state index contributed by atoms with van der Waals surface area (Å²) < 4.78 is 29.3. The normalized spacial score (nSPS) is 12.0. The summed E-state index contributed by atoms with van der Waals surface area (Å²) in [7, 11) is -4.13. The highest BCUT2D eigenvalue weighted by Gasteiger charge is 2.32. The van der Waals surface area contributed by atoms with Crippen molar-refractivity contribution in [2.75, 3.05) is 17.4 Å². The number of carbonyl (C=O) groups excluding carboxylic acids is 2. The number of nitrogens with zero attached hydrogens (tertiary/aromatic N) is 2. The third kappa shape index (κ3) is 7.12. The third-order valence-electron chi connectivity index (χ3n) is 5.84. The summed E-state index contributed by atoms with van der Waals surface area (Å²) in [6.45, 7) is 5.23. The van der Waals surface area contributed by atoms with Gasteiger partial charge in [-0.05, 0) is 68.3 Å². The molecule has 0 spiro atoms. The third-order valence-corrected chi connectivity index (χ3v) is 8.56. The second-order valence-corrected chi connectivity index (χ2v) is 11.7. The number of nitrogens with one attached hydrogen (secondary N) is 1.